The summed E-state index contributed by atoms with van der Waals surface area (Å²) in [7, 11) is 1.65. The van der Waals surface area contributed by atoms with Crippen molar-refractivity contribution >= 4 is 11.9 Å². The van der Waals surface area contributed by atoms with Crippen molar-refractivity contribution in [1.29, 1.82) is 0 Å². The monoisotopic (exact) mass is 398 g/mol. The molecule has 0 aliphatic rings. The molecular weight excluding hydrogens is 356 g/mol. The molecule has 8 heteroatoms. The first-order chi connectivity index (χ1) is 12.4. The fraction of sp³-hybridized carbons (Fsp3) is 0.895. The van der Waals surface area contributed by atoms with Crippen molar-refractivity contribution in [2.24, 2.45) is 0 Å². The largest absolute Gasteiger partial charge is 0.481 e. The third-order valence-corrected chi connectivity index (χ3v) is 2.52. The number of aliphatic carboxylic acids is 1. The Labute approximate surface area is 164 Å². The van der Waals surface area contributed by atoms with Crippen molar-refractivity contribution in [2.75, 3.05) is 33.5 Å². The van der Waals surface area contributed by atoms with Crippen LogP contribution in [0.5, 0.6) is 0 Å². The van der Waals surface area contributed by atoms with Crippen LogP contribution < -0.4 is 0 Å². The van der Waals surface area contributed by atoms with Gasteiger partial charge in [0.1, 0.15) is 0 Å². The molecule has 0 amide bonds. The molecule has 0 spiro atoms. The van der Waals surface area contributed by atoms with E-state index in [2.05, 4.69) is 13.8 Å². The van der Waals surface area contributed by atoms with Gasteiger partial charge >= 0.3 is 5.97 Å². The van der Waals surface area contributed by atoms with Gasteiger partial charge in [-0.25, -0.2) is 0 Å². The first-order valence-electron chi connectivity index (χ1n) is 9.14. The highest BCUT2D eigenvalue weighted by Crippen LogP contribution is 2.12. The molecule has 0 radical (unpaired) electrons. The minimum absolute atomic E-state index is 0.139. The number of carboxylic acid groups (broad SMARTS) is 1. The van der Waals surface area contributed by atoms with Gasteiger partial charge in [0.15, 0.2) is 0 Å². The van der Waals surface area contributed by atoms with Crippen LogP contribution in [0.25, 0.3) is 0 Å². The fourth-order valence-corrected chi connectivity index (χ4v) is 0.933. The zero-order chi connectivity index (χ0) is 22.3. The van der Waals surface area contributed by atoms with Crippen LogP contribution in [0.4, 0.5) is 0 Å². The highest BCUT2D eigenvalue weighted by atomic mass is 16.5. The van der Waals surface area contributed by atoms with Crippen molar-refractivity contribution in [2.45, 2.75) is 79.4 Å². The number of carbonyl (C=O) groups is 2. The van der Waals surface area contributed by atoms with Crippen LogP contribution in [0, 0.1) is 0 Å². The van der Waals surface area contributed by atoms with Gasteiger partial charge in [-0.05, 0) is 33.6 Å². The molecule has 0 aromatic heterocycles. The van der Waals surface area contributed by atoms with Crippen molar-refractivity contribution in [1.82, 2.24) is 0 Å². The number of carboxylic acids is 1. The lowest BCUT2D eigenvalue weighted by Gasteiger charge is -2.21. The third-order valence-electron chi connectivity index (χ3n) is 2.52. The summed E-state index contributed by atoms with van der Waals surface area (Å²) >= 11 is 0. The van der Waals surface area contributed by atoms with Gasteiger partial charge in [-0.2, -0.15) is 0 Å². The highest BCUT2D eigenvalue weighted by Gasteiger charge is 2.15. The lowest BCUT2D eigenvalue weighted by molar-refractivity contribution is -0.142. The van der Waals surface area contributed by atoms with E-state index in [0.29, 0.717) is 6.61 Å². The molecule has 27 heavy (non-hydrogen) atoms. The van der Waals surface area contributed by atoms with Crippen LogP contribution >= 0.6 is 0 Å². The summed E-state index contributed by atoms with van der Waals surface area (Å²) in [4.78, 5) is 19.4. The molecule has 0 aromatic rings. The number of aliphatic hydroxyl groups excluding tert-OH is 2. The molecule has 1 unspecified atom stereocenters. The fourth-order valence-electron chi connectivity index (χ4n) is 0.933. The first-order valence-corrected chi connectivity index (χ1v) is 9.14. The zero-order valence-electron chi connectivity index (χ0n) is 18.4. The van der Waals surface area contributed by atoms with Crippen LogP contribution in [0.15, 0.2) is 0 Å². The second kappa shape index (κ2) is 24.8. The molecule has 0 aliphatic heterocycles. The second-order valence-corrected chi connectivity index (χ2v) is 6.22. The maximum atomic E-state index is 10.4. The van der Waals surface area contributed by atoms with Gasteiger partial charge in [0.05, 0.1) is 24.9 Å². The predicted octanol–water partition coefficient (Wildman–Crippen LogP) is 2.64. The van der Waals surface area contributed by atoms with E-state index < -0.39 is 12.1 Å². The van der Waals surface area contributed by atoms with E-state index in [-0.39, 0.29) is 18.2 Å². The smallest absolute Gasteiger partial charge is 0.302 e. The first kappa shape index (κ1) is 33.4. The van der Waals surface area contributed by atoms with E-state index in [4.69, 9.17) is 34.3 Å². The Morgan fingerprint density at radius 1 is 1.04 bits per heavy atom. The standard InChI is InChI=1S/C8H16O3.C6H14O.C3H8O2.C2H4O2/c1-7(9)11-6-5-8(2,3)10-4;1-3-5-7-6-4-2;1-3(5)2-4;1-2(3)4/h5-6H2,1-4H3;3-6H2,1-2H3;3-5H,2H2,1H3;1H3,(H,3,4). The lowest BCUT2D eigenvalue weighted by Crippen LogP contribution is -2.24. The minimum atomic E-state index is -0.833. The maximum absolute atomic E-state index is 10.4. The molecule has 0 saturated heterocycles. The number of rotatable bonds is 9. The summed E-state index contributed by atoms with van der Waals surface area (Å²) in [6.45, 7) is 14.3. The van der Waals surface area contributed by atoms with Crippen LogP contribution in [-0.2, 0) is 23.8 Å². The highest BCUT2D eigenvalue weighted by molar-refractivity contribution is 5.65. The van der Waals surface area contributed by atoms with Gasteiger partial charge in [0.25, 0.3) is 5.97 Å². The normalized spacial score (nSPS) is 10.7. The molecule has 0 saturated carbocycles. The lowest BCUT2D eigenvalue weighted by atomic mass is 10.1. The summed E-state index contributed by atoms with van der Waals surface area (Å²) in [5.41, 5.74) is -0.199. The van der Waals surface area contributed by atoms with Crippen LogP contribution in [0.3, 0.4) is 0 Å². The molecule has 0 heterocycles. The molecule has 3 N–H and O–H groups in total. The van der Waals surface area contributed by atoms with Gasteiger partial charge in [0, 0.05) is 40.6 Å². The van der Waals surface area contributed by atoms with Crippen LogP contribution in [0.2, 0.25) is 0 Å². The number of ether oxygens (including phenoxy) is 3. The molecule has 0 bridgehead atoms. The van der Waals surface area contributed by atoms with Gasteiger partial charge in [-0.3, -0.25) is 9.59 Å². The zero-order valence-corrected chi connectivity index (χ0v) is 18.4. The molecule has 8 nitrogen and oxygen atoms in total. The summed E-state index contributed by atoms with van der Waals surface area (Å²) < 4.78 is 15.0. The molecular formula is C19H42O8. The third kappa shape index (κ3) is 58.9. The van der Waals surface area contributed by atoms with Gasteiger partial charge in [0.2, 0.25) is 0 Å². The van der Waals surface area contributed by atoms with Crippen molar-refractivity contribution < 1.29 is 39.1 Å². The van der Waals surface area contributed by atoms with E-state index in [9.17, 15) is 4.79 Å². The number of hydrogen-bond donors (Lipinski definition) is 3. The van der Waals surface area contributed by atoms with E-state index in [1.54, 1.807) is 7.11 Å². The number of carbonyl (C=O) groups excluding carboxylic acids is 1. The predicted molar refractivity (Wildman–Crippen MR) is 106 cm³/mol. The Kier molecular flexibility index (Phi) is 30.6. The molecule has 0 aromatic carbocycles. The molecule has 1 atom stereocenters. The Balaban J connectivity index is -0.000000142. The van der Waals surface area contributed by atoms with Gasteiger partial charge < -0.3 is 29.5 Å². The Bertz CT molecular complexity index is 309. The summed E-state index contributed by atoms with van der Waals surface area (Å²) in [5.74, 6) is -1.07. The van der Waals surface area contributed by atoms with Crippen molar-refractivity contribution in [3.63, 3.8) is 0 Å². The number of aliphatic hydroxyl groups is 2. The van der Waals surface area contributed by atoms with E-state index >= 15 is 0 Å². The molecule has 0 rings (SSSR count). The average molecular weight is 399 g/mol. The SMILES string of the molecule is CC(=O)O.CC(O)CO.CCCOCCC.COC(C)(C)CCOC(C)=O. The second-order valence-electron chi connectivity index (χ2n) is 6.22. The van der Waals surface area contributed by atoms with Crippen molar-refractivity contribution in [3.8, 4) is 0 Å². The Morgan fingerprint density at radius 3 is 1.63 bits per heavy atom. The molecule has 0 aliphatic carbocycles. The Hall–Kier alpha value is -1.22. The molecule has 0 fully saturated rings. The van der Waals surface area contributed by atoms with E-state index in [1.165, 1.54) is 13.8 Å². The Morgan fingerprint density at radius 2 is 1.41 bits per heavy atom. The minimum Gasteiger partial charge on any atom is -0.481 e. The quantitative estimate of drug-likeness (QED) is 0.400. The van der Waals surface area contributed by atoms with E-state index in [1.807, 2.05) is 13.8 Å². The van der Waals surface area contributed by atoms with Crippen LogP contribution in [-0.4, -0.2) is 72.5 Å². The van der Waals surface area contributed by atoms with E-state index in [0.717, 1.165) is 39.4 Å². The van der Waals surface area contributed by atoms with Gasteiger partial charge in [-0.1, -0.05) is 13.8 Å². The summed E-state index contributed by atoms with van der Waals surface area (Å²) in [6, 6.07) is 0. The molecule has 166 valence electrons. The number of esters is 1. The van der Waals surface area contributed by atoms with Crippen LogP contribution in [0.1, 0.15) is 67.7 Å². The topological polar surface area (TPSA) is 123 Å². The maximum Gasteiger partial charge on any atom is 0.302 e. The van der Waals surface area contributed by atoms with Gasteiger partial charge in [-0.15, -0.1) is 0 Å². The summed E-state index contributed by atoms with van der Waals surface area (Å²) in [6.07, 6.45) is 2.44. The average Bonchev–Trinajstić information content (AvgIpc) is 2.55. The summed E-state index contributed by atoms with van der Waals surface area (Å²) in [5, 5.41) is 23.4. The number of hydrogen-bond acceptors (Lipinski definition) is 7. The van der Waals surface area contributed by atoms with Crippen molar-refractivity contribution in [3.05, 3.63) is 0 Å². The number of methoxy groups -OCH3 is 1.